The van der Waals surface area contributed by atoms with Gasteiger partial charge < -0.3 is 9.73 Å². The Labute approximate surface area is 170 Å². The Morgan fingerprint density at radius 2 is 1.86 bits per heavy atom. The minimum atomic E-state index is -0.199. The third-order valence-corrected chi connectivity index (χ3v) is 5.46. The SMILES string of the molecule is O=C(NCC(c1cccc(Cl)c1)N1CCCC1)c1occc1-c1ccccc1. The highest BCUT2D eigenvalue weighted by molar-refractivity contribution is 6.30. The van der Waals surface area contributed by atoms with E-state index in [1.807, 2.05) is 54.6 Å². The number of benzene rings is 2. The van der Waals surface area contributed by atoms with Gasteiger partial charge in [0.25, 0.3) is 5.91 Å². The van der Waals surface area contributed by atoms with Crippen LogP contribution < -0.4 is 5.32 Å². The molecule has 4 nitrogen and oxygen atoms in total. The number of halogens is 1. The number of hydrogen-bond donors (Lipinski definition) is 1. The number of carbonyl (C=O) groups is 1. The molecule has 144 valence electrons. The molecule has 28 heavy (non-hydrogen) atoms. The van der Waals surface area contributed by atoms with Gasteiger partial charge in [0, 0.05) is 17.1 Å². The Bertz CT molecular complexity index is 933. The zero-order valence-electron chi connectivity index (χ0n) is 15.6. The predicted octanol–water partition coefficient (Wildman–Crippen LogP) is 5.17. The minimum Gasteiger partial charge on any atom is -0.459 e. The Morgan fingerprint density at radius 1 is 1.07 bits per heavy atom. The van der Waals surface area contributed by atoms with Crippen molar-refractivity contribution in [3.05, 3.63) is 83.3 Å². The van der Waals surface area contributed by atoms with E-state index in [0.717, 1.165) is 29.8 Å². The quantitative estimate of drug-likeness (QED) is 0.627. The number of furan rings is 1. The van der Waals surface area contributed by atoms with Crippen molar-refractivity contribution in [3.63, 3.8) is 0 Å². The van der Waals surface area contributed by atoms with Crippen molar-refractivity contribution < 1.29 is 9.21 Å². The second-order valence-corrected chi connectivity index (χ2v) is 7.49. The zero-order valence-corrected chi connectivity index (χ0v) is 16.4. The average molecular weight is 395 g/mol. The van der Waals surface area contributed by atoms with Gasteiger partial charge in [0.2, 0.25) is 0 Å². The van der Waals surface area contributed by atoms with E-state index in [1.165, 1.54) is 12.8 Å². The fraction of sp³-hybridized carbons (Fsp3) is 0.261. The number of amides is 1. The molecular formula is C23H23ClN2O2. The van der Waals surface area contributed by atoms with Crippen molar-refractivity contribution >= 4 is 17.5 Å². The number of nitrogens with one attached hydrogen (secondary N) is 1. The summed E-state index contributed by atoms with van der Waals surface area (Å²) in [5.74, 6) is 0.146. The Morgan fingerprint density at radius 3 is 2.61 bits per heavy atom. The largest absolute Gasteiger partial charge is 0.459 e. The van der Waals surface area contributed by atoms with Crippen LogP contribution >= 0.6 is 11.6 Å². The summed E-state index contributed by atoms with van der Waals surface area (Å²) in [5, 5.41) is 3.79. The molecule has 0 aliphatic carbocycles. The lowest BCUT2D eigenvalue weighted by molar-refractivity contribution is 0.0911. The van der Waals surface area contributed by atoms with E-state index in [0.29, 0.717) is 17.3 Å². The molecule has 2 aromatic carbocycles. The highest BCUT2D eigenvalue weighted by Crippen LogP contribution is 2.28. The molecule has 3 aromatic rings. The molecule has 0 spiro atoms. The molecule has 1 amide bonds. The molecule has 1 saturated heterocycles. The Hall–Kier alpha value is -2.56. The van der Waals surface area contributed by atoms with Crippen LogP contribution in [0, 0.1) is 0 Å². The monoisotopic (exact) mass is 394 g/mol. The van der Waals surface area contributed by atoms with Gasteiger partial charge in [-0.05, 0) is 55.3 Å². The van der Waals surface area contributed by atoms with Crippen LogP contribution in [0.5, 0.6) is 0 Å². The maximum absolute atomic E-state index is 12.9. The van der Waals surface area contributed by atoms with E-state index in [-0.39, 0.29) is 11.9 Å². The molecule has 1 N–H and O–H groups in total. The first-order chi connectivity index (χ1) is 13.7. The molecule has 0 bridgehead atoms. The molecular weight excluding hydrogens is 372 g/mol. The van der Waals surface area contributed by atoms with Gasteiger partial charge in [0.05, 0.1) is 12.3 Å². The summed E-state index contributed by atoms with van der Waals surface area (Å²) < 4.78 is 5.52. The first-order valence-electron chi connectivity index (χ1n) is 9.63. The molecule has 1 unspecified atom stereocenters. The van der Waals surface area contributed by atoms with E-state index in [2.05, 4.69) is 16.3 Å². The molecule has 2 heterocycles. The van der Waals surface area contributed by atoms with Gasteiger partial charge in [-0.25, -0.2) is 0 Å². The fourth-order valence-electron chi connectivity index (χ4n) is 3.82. The zero-order chi connectivity index (χ0) is 19.3. The number of hydrogen-bond acceptors (Lipinski definition) is 3. The summed E-state index contributed by atoms with van der Waals surface area (Å²) in [7, 11) is 0. The molecule has 1 aromatic heterocycles. The van der Waals surface area contributed by atoms with E-state index in [4.69, 9.17) is 16.0 Å². The third kappa shape index (κ3) is 4.13. The van der Waals surface area contributed by atoms with Crippen LogP contribution in [0.2, 0.25) is 5.02 Å². The summed E-state index contributed by atoms with van der Waals surface area (Å²) in [6, 6.07) is 19.6. The highest BCUT2D eigenvalue weighted by Gasteiger charge is 2.25. The smallest absolute Gasteiger partial charge is 0.287 e. The topological polar surface area (TPSA) is 45.5 Å². The van der Waals surface area contributed by atoms with Crippen LogP contribution in [0.3, 0.4) is 0 Å². The summed E-state index contributed by atoms with van der Waals surface area (Å²) in [6.07, 6.45) is 3.93. The van der Waals surface area contributed by atoms with Crippen molar-refractivity contribution in [3.8, 4) is 11.1 Å². The summed E-state index contributed by atoms with van der Waals surface area (Å²) in [4.78, 5) is 15.3. The van der Waals surface area contributed by atoms with Crippen molar-refractivity contribution in [2.24, 2.45) is 0 Å². The summed E-state index contributed by atoms with van der Waals surface area (Å²) in [5.41, 5.74) is 2.89. The molecule has 1 atom stereocenters. The van der Waals surface area contributed by atoms with Gasteiger partial charge in [-0.15, -0.1) is 0 Å². The molecule has 5 heteroatoms. The standard InChI is InChI=1S/C23H23ClN2O2/c24-19-10-6-9-18(15-19)21(26-12-4-5-13-26)16-25-23(27)22-20(11-14-28-22)17-7-2-1-3-8-17/h1-3,6-11,14-15,21H,4-5,12-13,16H2,(H,25,27). The van der Waals surface area contributed by atoms with Crippen molar-refractivity contribution in [2.75, 3.05) is 19.6 Å². The number of carbonyl (C=O) groups excluding carboxylic acids is 1. The molecule has 1 aliphatic heterocycles. The number of likely N-dealkylation sites (tertiary alicyclic amines) is 1. The molecule has 4 rings (SSSR count). The molecule has 0 saturated carbocycles. The summed E-state index contributed by atoms with van der Waals surface area (Å²) in [6.45, 7) is 2.57. The van der Waals surface area contributed by atoms with Crippen LogP contribution in [0.15, 0.2) is 71.3 Å². The third-order valence-electron chi connectivity index (χ3n) is 5.23. The van der Waals surface area contributed by atoms with Gasteiger partial charge in [-0.3, -0.25) is 9.69 Å². The number of rotatable bonds is 6. The molecule has 0 radical (unpaired) electrons. The Balaban J connectivity index is 1.52. The van der Waals surface area contributed by atoms with Crippen LogP contribution in [0.25, 0.3) is 11.1 Å². The van der Waals surface area contributed by atoms with E-state index >= 15 is 0 Å². The van der Waals surface area contributed by atoms with Gasteiger partial charge >= 0.3 is 0 Å². The molecule has 1 aliphatic rings. The highest BCUT2D eigenvalue weighted by atomic mass is 35.5. The predicted molar refractivity (Wildman–Crippen MR) is 111 cm³/mol. The van der Waals surface area contributed by atoms with E-state index in [1.54, 1.807) is 6.26 Å². The van der Waals surface area contributed by atoms with Gasteiger partial charge in [-0.2, -0.15) is 0 Å². The summed E-state index contributed by atoms with van der Waals surface area (Å²) >= 11 is 6.21. The maximum Gasteiger partial charge on any atom is 0.287 e. The fourth-order valence-corrected chi connectivity index (χ4v) is 4.02. The minimum absolute atomic E-state index is 0.0975. The van der Waals surface area contributed by atoms with Crippen LogP contribution in [0.4, 0.5) is 0 Å². The second-order valence-electron chi connectivity index (χ2n) is 7.05. The lowest BCUT2D eigenvalue weighted by Gasteiger charge is -2.28. The first kappa shape index (κ1) is 18.8. The van der Waals surface area contributed by atoms with Gasteiger partial charge in [-0.1, -0.05) is 54.1 Å². The Kier molecular flexibility index (Phi) is 5.79. The van der Waals surface area contributed by atoms with Crippen molar-refractivity contribution in [2.45, 2.75) is 18.9 Å². The average Bonchev–Trinajstić information content (AvgIpc) is 3.41. The van der Waals surface area contributed by atoms with Crippen LogP contribution in [-0.2, 0) is 0 Å². The second kappa shape index (κ2) is 8.63. The van der Waals surface area contributed by atoms with Crippen molar-refractivity contribution in [1.29, 1.82) is 0 Å². The number of nitrogens with zero attached hydrogens (tertiary/aromatic N) is 1. The maximum atomic E-state index is 12.9. The van der Waals surface area contributed by atoms with Crippen LogP contribution in [0.1, 0.15) is 35.0 Å². The van der Waals surface area contributed by atoms with Gasteiger partial charge in [0.15, 0.2) is 5.76 Å². The van der Waals surface area contributed by atoms with Gasteiger partial charge in [0.1, 0.15) is 0 Å². The normalized spacial score (nSPS) is 15.5. The van der Waals surface area contributed by atoms with Crippen molar-refractivity contribution in [1.82, 2.24) is 10.2 Å². The first-order valence-corrected chi connectivity index (χ1v) is 10.0. The van der Waals surface area contributed by atoms with Crippen LogP contribution in [-0.4, -0.2) is 30.4 Å². The van der Waals surface area contributed by atoms with E-state index < -0.39 is 0 Å². The van der Waals surface area contributed by atoms with E-state index in [9.17, 15) is 4.79 Å². The lowest BCUT2D eigenvalue weighted by atomic mass is 10.0. The molecule has 1 fully saturated rings. The lowest BCUT2D eigenvalue weighted by Crippen LogP contribution is -2.36.